The van der Waals surface area contributed by atoms with Gasteiger partial charge < -0.3 is 19.7 Å². The van der Waals surface area contributed by atoms with Crippen LogP contribution in [0.15, 0.2) is 55.0 Å². The first kappa shape index (κ1) is 27.8. The second kappa shape index (κ2) is 11.1. The van der Waals surface area contributed by atoms with Crippen molar-refractivity contribution in [1.82, 2.24) is 29.5 Å². The number of hydrogen-bond donors (Lipinski definition) is 1. The molecule has 6 rings (SSSR count). The van der Waals surface area contributed by atoms with Gasteiger partial charge in [-0.05, 0) is 36.4 Å². The second-order valence-electron chi connectivity index (χ2n) is 9.80. The highest BCUT2D eigenvalue weighted by Gasteiger charge is 2.32. The number of piperazine rings is 1. The van der Waals surface area contributed by atoms with Crippen molar-refractivity contribution >= 4 is 45.6 Å². The van der Waals surface area contributed by atoms with Crippen molar-refractivity contribution in [2.75, 3.05) is 57.2 Å². The predicted octanol–water partition coefficient (Wildman–Crippen LogP) is 5.44. The number of rotatable bonds is 7. The number of nitrogens with zero attached hydrogens (tertiary/aromatic N) is 7. The lowest BCUT2D eigenvalue weighted by molar-refractivity contribution is -0.146. The molecule has 0 aliphatic carbocycles. The number of benzene rings is 2. The van der Waals surface area contributed by atoms with Crippen molar-refractivity contribution in [3.05, 3.63) is 60.0 Å². The summed E-state index contributed by atoms with van der Waals surface area (Å²) in [4.78, 5) is 12.7. The fourth-order valence-electron chi connectivity index (χ4n) is 5.07. The summed E-state index contributed by atoms with van der Waals surface area (Å²) in [6.07, 6.45) is -0.902. The fraction of sp³-hybridized carbons (Fsp3) is 0.286. The molecule has 0 unspecified atom stereocenters. The molecule has 0 radical (unpaired) electrons. The van der Waals surface area contributed by atoms with Crippen molar-refractivity contribution < 1.29 is 22.6 Å². The van der Waals surface area contributed by atoms with E-state index >= 15 is 0 Å². The number of anilines is 3. The maximum atomic E-state index is 12.7. The molecule has 1 N–H and O–H groups in total. The molecular weight excluding hydrogens is 573 g/mol. The van der Waals surface area contributed by atoms with Crippen LogP contribution in [0.3, 0.4) is 0 Å². The molecule has 218 valence electrons. The highest BCUT2D eigenvalue weighted by atomic mass is 35.5. The molecule has 3 aromatic heterocycles. The summed E-state index contributed by atoms with van der Waals surface area (Å²) < 4.78 is 50.7. The van der Waals surface area contributed by atoms with E-state index in [1.165, 1.54) is 12.0 Å². The highest BCUT2D eigenvalue weighted by molar-refractivity contribution is 6.35. The van der Waals surface area contributed by atoms with E-state index in [0.29, 0.717) is 71.1 Å². The Morgan fingerprint density at radius 1 is 0.952 bits per heavy atom. The molecule has 4 heterocycles. The maximum absolute atomic E-state index is 12.7. The predicted molar refractivity (Wildman–Crippen MR) is 154 cm³/mol. The van der Waals surface area contributed by atoms with E-state index in [-0.39, 0.29) is 0 Å². The summed E-state index contributed by atoms with van der Waals surface area (Å²) in [7, 11) is 3.11. The molecule has 1 aliphatic heterocycles. The molecule has 42 heavy (non-hydrogen) atoms. The number of fused-ring (bicyclic) bond motifs is 3. The Morgan fingerprint density at radius 2 is 1.71 bits per heavy atom. The van der Waals surface area contributed by atoms with E-state index in [2.05, 4.69) is 25.4 Å². The zero-order valence-electron chi connectivity index (χ0n) is 22.7. The largest absolute Gasteiger partial charge is 0.497 e. The van der Waals surface area contributed by atoms with Crippen LogP contribution in [-0.2, 0) is 0 Å². The Bertz CT molecular complexity index is 1740. The van der Waals surface area contributed by atoms with E-state index in [9.17, 15) is 13.2 Å². The molecule has 5 aromatic rings. The van der Waals surface area contributed by atoms with Gasteiger partial charge in [0, 0.05) is 66.3 Å². The third-order valence-electron chi connectivity index (χ3n) is 7.13. The van der Waals surface area contributed by atoms with Crippen LogP contribution in [0.5, 0.6) is 11.5 Å². The minimum atomic E-state index is -4.18. The van der Waals surface area contributed by atoms with Crippen LogP contribution in [-0.4, -0.2) is 82.6 Å². The molecule has 1 aliphatic rings. The summed E-state index contributed by atoms with van der Waals surface area (Å²) in [5, 5.41) is 12.8. The van der Waals surface area contributed by atoms with Crippen LogP contribution in [0.4, 0.5) is 30.5 Å². The van der Waals surface area contributed by atoms with Gasteiger partial charge in [0.15, 0.2) is 11.3 Å². The SMILES string of the molecule is COc1cc(OC)c(Cl)c(-c2cc3cnc(Nc4ccc(N5CCN(CC(F)(F)F)CC5)cc4)nc3n3cnnc23)c1. The van der Waals surface area contributed by atoms with Crippen LogP contribution >= 0.6 is 11.6 Å². The topological polar surface area (TPSA) is 92.9 Å². The molecule has 0 bridgehead atoms. The first-order chi connectivity index (χ1) is 20.2. The number of nitrogens with one attached hydrogen (secondary N) is 1. The van der Waals surface area contributed by atoms with E-state index in [0.717, 1.165) is 16.8 Å². The summed E-state index contributed by atoms with van der Waals surface area (Å²) in [5.41, 5.74) is 4.22. The third kappa shape index (κ3) is 5.57. The second-order valence-corrected chi connectivity index (χ2v) is 10.2. The Labute approximate surface area is 243 Å². The van der Waals surface area contributed by atoms with Crippen molar-refractivity contribution in [2.24, 2.45) is 0 Å². The standard InChI is InChI=1S/C28H26ClF3N8O2/c1-41-20-12-21(24(29)23(13-20)42-2)22-11-17-14-33-27(36-25(17)40-16-34-37-26(22)40)35-18-3-5-19(6-4-18)39-9-7-38(8-10-39)15-28(30,31)32/h3-6,11-14,16H,7-10,15H2,1-2H3,(H,33,35,36). The van der Waals surface area contributed by atoms with Gasteiger partial charge in [-0.1, -0.05) is 11.6 Å². The quantitative estimate of drug-likeness (QED) is 0.263. The molecule has 0 atom stereocenters. The minimum Gasteiger partial charge on any atom is -0.497 e. The monoisotopic (exact) mass is 598 g/mol. The Morgan fingerprint density at radius 3 is 2.40 bits per heavy atom. The smallest absolute Gasteiger partial charge is 0.401 e. The van der Waals surface area contributed by atoms with Crippen molar-refractivity contribution in [1.29, 1.82) is 0 Å². The number of aromatic nitrogens is 5. The van der Waals surface area contributed by atoms with E-state index in [4.69, 9.17) is 26.1 Å². The summed E-state index contributed by atoms with van der Waals surface area (Å²) in [6.45, 7) is 0.910. The van der Waals surface area contributed by atoms with Crippen LogP contribution in [0, 0.1) is 0 Å². The Kier molecular flexibility index (Phi) is 7.37. The number of hydrogen-bond acceptors (Lipinski definition) is 9. The van der Waals surface area contributed by atoms with Gasteiger partial charge in [-0.15, -0.1) is 10.2 Å². The number of halogens is 4. The zero-order chi connectivity index (χ0) is 29.4. The average Bonchev–Trinajstić information content (AvgIpc) is 3.48. The normalized spacial score (nSPS) is 14.5. The average molecular weight is 599 g/mol. The molecule has 1 saturated heterocycles. The maximum Gasteiger partial charge on any atom is 0.401 e. The lowest BCUT2D eigenvalue weighted by atomic mass is 10.0. The first-order valence-electron chi connectivity index (χ1n) is 13.0. The van der Waals surface area contributed by atoms with Gasteiger partial charge >= 0.3 is 6.18 Å². The van der Waals surface area contributed by atoms with E-state index < -0.39 is 12.7 Å². The van der Waals surface area contributed by atoms with Gasteiger partial charge in [0.2, 0.25) is 5.95 Å². The van der Waals surface area contributed by atoms with Crippen LogP contribution in [0.2, 0.25) is 5.02 Å². The fourth-order valence-corrected chi connectivity index (χ4v) is 5.35. The first-order valence-corrected chi connectivity index (χ1v) is 13.4. The lowest BCUT2D eigenvalue weighted by Crippen LogP contribution is -2.49. The van der Waals surface area contributed by atoms with Gasteiger partial charge in [0.25, 0.3) is 0 Å². The molecule has 0 amide bonds. The number of ether oxygens (including phenoxy) is 2. The molecule has 10 nitrogen and oxygen atoms in total. The van der Waals surface area contributed by atoms with E-state index in [1.807, 2.05) is 36.4 Å². The third-order valence-corrected chi connectivity index (χ3v) is 7.52. The molecular formula is C28H26ClF3N8O2. The number of alkyl halides is 3. The summed E-state index contributed by atoms with van der Waals surface area (Å²) >= 11 is 6.67. The molecule has 2 aromatic carbocycles. The van der Waals surface area contributed by atoms with Gasteiger partial charge in [-0.3, -0.25) is 9.30 Å². The van der Waals surface area contributed by atoms with Crippen molar-refractivity contribution in [2.45, 2.75) is 6.18 Å². The molecule has 1 fully saturated rings. The van der Waals surface area contributed by atoms with Gasteiger partial charge in [0.05, 0.1) is 25.8 Å². The summed E-state index contributed by atoms with van der Waals surface area (Å²) in [5.74, 6) is 1.42. The zero-order valence-corrected chi connectivity index (χ0v) is 23.4. The lowest BCUT2D eigenvalue weighted by Gasteiger charge is -2.36. The number of methoxy groups -OCH3 is 2. The van der Waals surface area contributed by atoms with Gasteiger partial charge in [-0.25, -0.2) is 4.98 Å². The minimum absolute atomic E-state index is 0.362. The van der Waals surface area contributed by atoms with Crippen LogP contribution in [0.25, 0.3) is 27.8 Å². The molecule has 0 spiro atoms. The Hall–Kier alpha value is -4.36. The summed E-state index contributed by atoms with van der Waals surface area (Å²) in [6, 6.07) is 13.1. The van der Waals surface area contributed by atoms with E-state index in [1.54, 1.807) is 30.1 Å². The van der Waals surface area contributed by atoms with Crippen molar-refractivity contribution in [3.63, 3.8) is 0 Å². The van der Waals surface area contributed by atoms with Gasteiger partial charge in [0.1, 0.15) is 17.8 Å². The van der Waals surface area contributed by atoms with Crippen LogP contribution < -0.4 is 19.7 Å². The van der Waals surface area contributed by atoms with Crippen LogP contribution in [0.1, 0.15) is 0 Å². The van der Waals surface area contributed by atoms with Crippen molar-refractivity contribution in [3.8, 4) is 22.6 Å². The van der Waals surface area contributed by atoms with Gasteiger partial charge in [-0.2, -0.15) is 18.2 Å². The molecule has 0 saturated carbocycles. The highest BCUT2D eigenvalue weighted by Crippen LogP contribution is 2.41. The Balaban J connectivity index is 1.24. The molecule has 14 heteroatoms. The number of pyridine rings is 1.